The normalized spacial score (nSPS) is 9.30. The monoisotopic (exact) mass is 273 g/mol. The van der Waals surface area contributed by atoms with Crippen LogP contribution in [0.25, 0.3) is 0 Å². The third kappa shape index (κ3) is 4.53. The van der Waals surface area contributed by atoms with Crippen LogP contribution in [0.4, 0.5) is 17.1 Å². The molecule has 0 aliphatic rings. The molecule has 5 N–H and O–H groups in total. The van der Waals surface area contributed by atoms with Crippen LogP contribution in [0.5, 0.6) is 0 Å². The first-order valence-corrected chi connectivity index (χ1v) is 6.02. The third-order valence-corrected chi connectivity index (χ3v) is 2.60. The summed E-state index contributed by atoms with van der Waals surface area (Å²) in [6, 6.07) is 14.2. The Labute approximate surface area is 118 Å². The standard InChI is InChI=1S/C8H12N2.C7H7NO2/c1-10(2)8-5-3-7(9)4-6-8;8-6-4-2-1-3-5(6)7(9)10/h3-6H,9H2,1-2H3;1-4H,8H2,(H,9,10). The zero-order valence-corrected chi connectivity index (χ0v) is 11.6. The van der Waals surface area contributed by atoms with Crippen molar-refractivity contribution in [2.24, 2.45) is 0 Å². The molecule has 5 heteroatoms. The number of anilines is 3. The number of nitrogen functional groups attached to an aromatic ring is 2. The Hall–Kier alpha value is -2.69. The van der Waals surface area contributed by atoms with E-state index in [2.05, 4.69) is 0 Å². The Morgan fingerprint density at radius 2 is 1.55 bits per heavy atom. The number of nitrogens with two attached hydrogens (primary N) is 2. The average molecular weight is 273 g/mol. The zero-order valence-electron chi connectivity index (χ0n) is 11.6. The molecule has 0 atom stereocenters. The summed E-state index contributed by atoms with van der Waals surface area (Å²) in [5.41, 5.74) is 13.3. The van der Waals surface area contributed by atoms with E-state index in [9.17, 15) is 4.79 Å². The van der Waals surface area contributed by atoms with Crippen molar-refractivity contribution in [3.8, 4) is 0 Å². The molecule has 0 aliphatic heterocycles. The van der Waals surface area contributed by atoms with Gasteiger partial charge in [-0.3, -0.25) is 0 Å². The fourth-order valence-electron chi connectivity index (χ4n) is 1.46. The largest absolute Gasteiger partial charge is 0.478 e. The highest BCUT2D eigenvalue weighted by Crippen LogP contribution is 2.12. The second-order valence-electron chi connectivity index (χ2n) is 4.38. The van der Waals surface area contributed by atoms with E-state index in [0.717, 1.165) is 5.69 Å². The first kappa shape index (κ1) is 15.4. The Kier molecular flexibility index (Phi) is 5.41. The first-order chi connectivity index (χ1) is 9.41. The Morgan fingerprint density at radius 3 is 1.95 bits per heavy atom. The molecule has 0 bridgehead atoms. The second kappa shape index (κ2) is 7.04. The number of aromatic carboxylic acids is 1. The lowest BCUT2D eigenvalue weighted by molar-refractivity contribution is 0.0698. The minimum absolute atomic E-state index is 0.155. The average Bonchev–Trinajstić information content (AvgIpc) is 2.40. The van der Waals surface area contributed by atoms with Crippen LogP contribution in [0.3, 0.4) is 0 Å². The van der Waals surface area contributed by atoms with E-state index in [0.29, 0.717) is 5.69 Å². The van der Waals surface area contributed by atoms with E-state index in [1.54, 1.807) is 18.2 Å². The number of benzene rings is 2. The summed E-state index contributed by atoms with van der Waals surface area (Å²) in [7, 11) is 4.01. The molecule has 0 amide bonds. The van der Waals surface area contributed by atoms with E-state index in [1.807, 2.05) is 43.3 Å². The summed E-state index contributed by atoms with van der Waals surface area (Å²) >= 11 is 0. The topological polar surface area (TPSA) is 92.6 Å². The molecule has 0 fully saturated rings. The first-order valence-electron chi connectivity index (χ1n) is 6.02. The molecule has 0 radical (unpaired) electrons. The molecule has 0 spiro atoms. The van der Waals surface area contributed by atoms with Crippen LogP contribution in [0.15, 0.2) is 48.5 Å². The van der Waals surface area contributed by atoms with Crippen molar-refractivity contribution in [1.29, 1.82) is 0 Å². The van der Waals surface area contributed by atoms with Gasteiger partial charge in [0.25, 0.3) is 0 Å². The summed E-state index contributed by atoms with van der Waals surface area (Å²) < 4.78 is 0. The van der Waals surface area contributed by atoms with Gasteiger partial charge in [-0.15, -0.1) is 0 Å². The maximum atomic E-state index is 10.3. The van der Waals surface area contributed by atoms with Crippen LogP contribution >= 0.6 is 0 Å². The minimum atomic E-state index is -0.988. The minimum Gasteiger partial charge on any atom is -0.478 e. The molecule has 0 saturated heterocycles. The SMILES string of the molecule is CN(C)c1ccc(N)cc1.Nc1ccccc1C(=O)O. The highest BCUT2D eigenvalue weighted by atomic mass is 16.4. The zero-order chi connectivity index (χ0) is 15.1. The number of rotatable bonds is 2. The van der Waals surface area contributed by atoms with Gasteiger partial charge in [0.2, 0.25) is 0 Å². The van der Waals surface area contributed by atoms with Gasteiger partial charge < -0.3 is 21.5 Å². The van der Waals surface area contributed by atoms with Crippen molar-refractivity contribution < 1.29 is 9.90 Å². The highest BCUT2D eigenvalue weighted by Gasteiger charge is 2.03. The summed E-state index contributed by atoms with van der Waals surface area (Å²) in [5.74, 6) is -0.988. The van der Waals surface area contributed by atoms with Crippen LogP contribution in [0, 0.1) is 0 Å². The molecule has 0 aliphatic carbocycles. The van der Waals surface area contributed by atoms with Gasteiger partial charge >= 0.3 is 5.97 Å². The van der Waals surface area contributed by atoms with Crippen molar-refractivity contribution in [3.63, 3.8) is 0 Å². The molecule has 2 rings (SSSR count). The predicted molar refractivity (Wildman–Crippen MR) is 83.0 cm³/mol. The molecule has 2 aromatic carbocycles. The Bertz CT molecular complexity index is 566. The van der Waals surface area contributed by atoms with Gasteiger partial charge in [0.05, 0.1) is 5.56 Å². The van der Waals surface area contributed by atoms with Crippen molar-refractivity contribution in [2.75, 3.05) is 30.5 Å². The molecule has 5 nitrogen and oxygen atoms in total. The second-order valence-corrected chi connectivity index (χ2v) is 4.38. The maximum absolute atomic E-state index is 10.3. The van der Waals surface area contributed by atoms with Gasteiger partial charge in [-0.25, -0.2) is 4.79 Å². The van der Waals surface area contributed by atoms with Crippen molar-refractivity contribution in [2.45, 2.75) is 0 Å². The molecule has 0 aromatic heterocycles. The predicted octanol–water partition coefficient (Wildman–Crippen LogP) is 2.30. The summed E-state index contributed by atoms with van der Waals surface area (Å²) in [6.07, 6.45) is 0. The Balaban J connectivity index is 0.000000200. The van der Waals surface area contributed by atoms with Gasteiger partial charge in [-0.2, -0.15) is 0 Å². The summed E-state index contributed by atoms with van der Waals surface area (Å²) in [4.78, 5) is 12.4. The lowest BCUT2D eigenvalue weighted by atomic mass is 10.2. The number of carboxylic acids is 1. The number of nitrogens with zero attached hydrogens (tertiary/aromatic N) is 1. The van der Waals surface area contributed by atoms with E-state index < -0.39 is 5.97 Å². The van der Waals surface area contributed by atoms with E-state index >= 15 is 0 Å². The molecule has 106 valence electrons. The van der Waals surface area contributed by atoms with Crippen molar-refractivity contribution >= 4 is 23.0 Å². The maximum Gasteiger partial charge on any atom is 0.337 e. The smallest absolute Gasteiger partial charge is 0.337 e. The summed E-state index contributed by atoms with van der Waals surface area (Å²) in [6.45, 7) is 0. The van der Waals surface area contributed by atoms with Crippen LogP contribution < -0.4 is 16.4 Å². The number of carbonyl (C=O) groups is 1. The van der Waals surface area contributed by atoms with Crippen molar-refractivity contribution in [3.05, 3.63) is 54.1 Å². The van der Waals surface area contributed by atoms with Gasteiger partial charge in [0.15, 0.2) is 0 Å². The molecular formula is C15H19N3O2. The fraction of sp³-hybridized carbons (Fsp3) is 0.133. The third-order valence-electron chi connectivity index (χ3n) is 2.60. The molecule has 2 aromatic rings. The molecule has 0 heterocycles. The number of hydrogen-bond acceptors (Lipinski definition) is 4. The lowest BCUT2D eigenvalue weighted by Gasteiger charge is -2.11. The van der Waals surface area contributed by atoms with Gasteiger partial charge in [0, 0.05) is 31.2 Å². The van der Waals surface area contributed by atoms with Crippen LogP contribution in [-0.4, -0.2) is 25.2 Å². The fourth-order valence-corrected chi connectivity index (χ4v) is 1.46. The molecule has 0 saturated carbocycles. The lowest BCUT2D eigenvalue weighted by Crippen LogP contribution is -2.08. The van der Waals surface area contributed by atoms with Gasteiger partial charge in [-0.05, 0) is 36.4 Å². The van der Waals surface area contributed by atoms with E-state index in [4.69, 9.17) is 16.6 Å². The molecule has 20 heavy (non-hydrogen) atoms. The Morgan fingerprint density at radius 1 is 1.00 bits per heavy atom. The van der Waals surface area contributed by atoms with E-state index in [-0.39, 0.29) is 5.56 Å². The molecular weight excluding hydrogens is 254 g/mol. The number of para-hydroxylation sites is 1. The van der Waals surface area contributed by atoms with Gasteiger partial charge in [-0.1, -0.05) is 12.1 Å². The number of carboxylic acid groups (broad SMARTS) is 1. The van der Waals surface area contributed by atoms with Crippen LogP contribution in [0.2, 0.25) is 0 Å². The number of hydrogen-bond donors (Lipinski definition) is 3. The van der Waals surface area contributed by atoms with Crippen molar-refractivity contribution in [1.82, 2.24) is 0 Å². The molecule has 0 unspecified atom stereocenters. The van der Waals surface area contributed by atoms with Gasteiger partial charge in [0.1, 0.15) is 0 Å². The van der Waals surface area contributed by atoms with E-state index in [1.165, 1.54) is 11.8 Å². The van der Waals surface area contributed by atoms with Crippen LogP contribution in [-0.2, 0) is 0 Å². The highest BCUT2D eigenvalue weighted by molar-refractivity contribution is 5.93. The quantitative estimate of drug-likeness (QED) is 0.730. The summed E-state index contributed by atoms with van der Waals surface area (Å²) in [5, 5.41) is 8.49. The van der Waals surface area contributed by atoms with Crippen LogP contribution in [0.1, 0.15) is 10.4 Å².